The number of hydrogen-bond donors (Lipinski definition) is 1. The zero-order valence-electron chi connectivity index (χ0n) is 15.5. The Labute approximate surface area is 155 Å². The number of ether oxygens (including phenoxy) is 3. The summed E-state index contributed by atoms with van der Waals surface area (Å²) in [5, 5.41) is 2.88. The number of hydrogen-bond acceptors (Lipinski definition) is 4. The third-order valence-corrected chi connectivity index (χ3v) is 3.80. The van der Waals surface area contributed by atoms with E-state index in [1.165, 1.54) is 0 Å². The third-order valence-electron chi connectivity index (χ3n) is 3.80. The minimum atomic E-state index is -0.0452. The molecule has 2 aromatic carbocycles. The number of benzene rings is 2. The molecule has 1 N–H and O–H groups in total. The lowest BCUT2D eigenvalue weighted by molar-refractivity contribution is 0.0545. The van der Waals surface area contributed by atoms with Crippen LogP contribution in [0.25, 0.3) is 11.1 Å². The van der Waals surface area contributed by atoms with Crippen molar-refractivity contribution in [1.82, 2.24) is 5.32 Å². The van der Waals surface area contributed by atoms with Crippen LogP contribution in [0.3, 0.4) is 0 Å². The fourth-order valence-corrected chi connectivity index (χ4v) is 2.43. The van der Waals surface area contributed by atoms with Crippen molar-refractivity contribution in [1.29, 1.82) is 0 Å². The minimum absolute atomic E-state index is 0.0452. The number of carbonyl (C=O) groups is 1. The van der Waals surface area contributed by atoms with Crippen LogP contribution in [0.5, 0.6) is 5.75 Å². The molecule has 2 aromatic rings. The van der Waals surface area contributed by atoms with Crippen LogP contribution < -0.4 is 10.1 Å². The fourth-order valence-electron chi connectivity index (χ4n) is 2.43. The highest BCUT2D eigenvalue weighted by atomic mass is 16.5. The van der Waals surface area contributed by atoms with Gasteiger partial charge in [-0.3, -0.25) is 4.79 Å². The zero-order chi connectivity index (χ0) is 18.6. The van der Waals surface area contributed by atoms with Gasteiger partial charge in [0.1, 0.15) is 12.4 Å². The second-order valence-corrected chi connectivity index (χ2v) is 5.78. The molecule has 2 rings (SSSR count). The van der Waals surface area contributed by atoms with Gasteiger partial charge in [0, 0.05) is 24.8 Å². The van der Waals surface area contributed by atoms with Crippen molar-refractivity contribution in [3.63, 3.8) is 0 Å². The van der Waals surface area contributed by atoms with E-state index in [2.05, 4.69) is 5.32 Å². The number of rotatable bonds is 11. The predicted octanol–water partition coefficient (Wildman–Crippen LogP) is 3.54. The highest BCUT2D eigenvalue weighted by Crippen LogP contribution is 2.29. The molecule has 0 aliphatic heterocycles. The van der Waals surface area contributed by atoms with Gasteiger partial charge in [-0.25, -0.2) is 0 Å². The number of para-hydroxylation sites is 1. The molecule has 0 fully saturated rings. The summed E-state index contributed by atoms with van der Waals surface area (Å²) in [7, 11) is 1.65. The molecule has 5 heteroatoms. The quantitative estimate of drug-likeness (QED) is 0.625. The van der Waals surface area contributed by atoms with E-state index in [-0.39, 0.29) is 5.91 Å². The molecule has 0 heterocycles. The maximum Gasteiger partial charge on any atom is 0.251 e. The van der Waals surface area contributed by atoms with Crippen LogP contribution in [0.4, 0.5) is 0 Å². The van der Waals surface area contributed by atoms with Gasteiger partial charge in [-0.05, 0) is 30.2 Å². The van der Waals surface area contributed by atoms with E-state index >= 15 is 0 Å². The third kappa shape index (κ3) is 6.17. The van der Waals surface area contributed by atoms with Gasteiger partial charge in [0.15, 0.2) is 0 Å². The van der Waals surface area contributed by atoms with Gasteiger partial charge in [-0.2, -0.15) is 0 Å². The van der Waals surface area contributed by atoms with E-state index in [9.17, 15) is 4.79 Å². The van der Waals surface area contributed by atoms with E-state index in [0.29, 0.717) is 38.5 Å². The number of methoxy groups -OCH3 is 1. The van der Waals surface area contributed by atoms with Crippen LogP contribution in [-0.4, -0.2) is 46.0 Å². The molecule has 26 heavy (non-hydrogen) atoms. The predicted molar refractivity (Wildman–Crippen MR) is 103 cm³/mol. The van der Waals surface area contributed by atoms with Crippen molar-refractivity contribution in [2.75, 3.05) is 40.1 Å². The molecule has 140 valence electrons. The minimum Gasteiger partial charge on any atom is -0.491 e. The molecule has 1 amide bonds. The summed E-state index contributed by atoms with van der Waals surface area (Å²) < 4.78 is 16.2. The highest BCUT2D eigenvalue weighted by molar-refractivity contribution is 5.94. The van der Waals surface area contributed by atoms with Crippen molar-refractivity contribution in [3.8, 4) is 16.9 Å². The van der Waals surface area contributed by atoms with Crippen molar-refractivity contribution in [2.24, 2.45) is 0 Å². The number of amides is 1. The first-order valence-corrected chi connectivity index (χ1v) is 8.93. The first kappa shape index (κ1) is 19.9. The molecule has 0 aliphatic carbocycles. The Morgan fingerprint density at radius 2 is 1.69 bits per heavy atom. The van der Waals surface area contributed by atoms with Gasteiger partial charge in [-0.1, -0.05) is 37.3 Å². The Morgan fingerprint density at radius 3 is 2.42 bits per heavy atom. The SMILES string of the molecule is CCCNC(=O)c1ccc(-c2ccccc2OCCOCCOC)cc1. The monoisotopic (exact) mass is 357 g/mol. The number of nitrogens with one attached hydrogen (secondary N) is 1. The van der Waals surface area contributed by atoms with E-state index in [1.54, 1.807) is 7.11 Å². The Morgan fingerprint density at radius 1 is 0.962 bits per heavy atom. The van der Waals surface area contributed by atoms with Crippen molar-refractivity contribution in [3.05, 3.63) is 54.1 Å². The molecule has 0 bridgehead atoms. The Kier molecular flexibility index (Phi) is 8.66. The van der Waals surface area contributed by atoms with Gasteiger partial charge < -0.3 is 19.5 Å². The molecule has 0 saturated heterocycles. The average molecular weight is 357 g/mol. The van der Waals surface area contributed by atoms with Gasteiger partial charge in [0.25, 0.3) is 5.91 Å². The summed E-state index contributed by atoms with van der Waals surface area (Å²) in [6.45, 7) is 4.83. The van der Waals surface area contributed by atoms with Crippen molar-refractivity contribution in [2.45, 2.75) is 13.3 Å². The Hall–Kier alpha value is -2.37. The van der Waals surface area contributed by atoms with Crippen molar-refractivity contribution >= 4 is 5.91 Å². The van der Waals surface area contributed by atoms with Crippen LogP contribution in [-0.2, 0) is 9.47 Å². The standard InChI is InChI=1S/C21H27NO4/c1-3-12-22-21(23)18-10-8-17(9-11-18)19-6-4-5-7-20(19)26-16-15-25-14-13-24-2/h4-11H,3,12-16H2,1-2H3,(H,22,23). The summed E-state index contributed by atoms with van der Waals surface area (Å²) in [5.74, 6) is 0.752. The zero-order valence-corrected chi connectivity index (χ0v) is 15.5. The van der Waals surface area contributed by atoms with Gasteiger partial charge in [0.05, 0.1) is 19.8 Å². The van der Waals surface area contributed by atoms with Gasteiger partial charge in [-0.15, -0.1) is 0 Å². The molecule has 0 radical (unpaired) electrons. The molecule has 0 atom stereocenters. The van der Waals surface area contributed by atoms with Gasteiger partial charge in [0.2, 0.25) is 0 Å². The summed E-state index contributed by atoms with van der Waals surface area (Å²) in [6.07, 6.45) is 0.920. The Balaban J connectivity index is 1.98. The van der Waals surface area contributed by atoms with E-state index in [4.69, 9.17) is 14.2 Å². The van der Waals surface area contributed by atoms with E-state index in [1.807, 2.05) is 55.5 Å². The summed E-state index contributed by atoms with van der Waals surface area (Å²) in [5.41, 5.74) is 2.66. The molecular weight excluding hydrogens is 330 g/mol. The molecular formula is C21H27NO4. The smallest absolute Gasteiger partial charge is 0.251 e. The molecule has 5 nitrogen and oxygen atoms in total. The molecule has 0 aromatic heterocycles. The normalized spacial score (nSPS) is 10.5. The van der Waals surface area contributed by atoms with Crippen LogP contribution >= 0.6 is 0 Å². The highest BCUT2D eigenvalue weighted by Gasteiger charge is 2.08. The lowest BCUT2D eigenvalue weighted by Crippen LogP contribution is -2.23. The lowest BCUT2D eigenvalue weighted by Gasteiger charge is -2.12. The maximum atomic E-state index is 12.0. The number of carbonyl (C=O) groups excluding carboxylic acids is 1. The molecule has 0 saturated carbocycles. The fraction of sp³-hybridized carbons (Fsp3) is 0.381. The first-order valence-electron chi connectivity index (χ1n) is 8.93. The molecule has 0 spiro atoms. The summed E-state index contributed by atoms with van der Waals surface area (Å²) in [4.78, 5) is 12.0. The van der Waals surface area contributed by atoms with E-state index < -0.39 is 0 Å². The van der Waals surface area contributed by atoms with Crippen LogP contribution in [0, 0.1) is 0 Å². The largest absolute Gasteiger partial charge is 0.491 e. The van der Waals surface area contributed by atoms with Crippen molar-refractivity contribution < 1.29 is 19.0 Å². The Bertz CT molecular complexity index is 670. The average Bonchev–Trinajstić information content (AvgIpc) is 2.69. The van der Waals surface area contributed by atoms with E-state index in [0.717, 1.165) is 23.3 Å². The first-order chi connectivity index (χ1) is 12.8. The lowest BCUT2D eigenvalue weighted by atomic mass is 10.0. The second kappa shape index (κ2) is 11.3. The molecule has 0 unspecified atom stereocenters. The topological polar surface area (TPSA) is 56.8 Å². The van der Waals surface area contributed by atoms with Crippen LogP contribution in [0.1, 0.15) is 23.7 Å². The summed E-state index contributed by atoms with van der Waals surface area (Å²) >= 11 is 0. The second-order valence-electron chi connectivity index (χ2n) is 5.78. The molecule has 0 aliphatic rings. The summed E-state index contributed by atoms with van der Waals surface area (Å²) in [6, 6.07) is 15.4. The van der Waals surface area contributed by atoms with Gasteiger partial charge >= 0.3 is 0 Å². The maximum absolute atomic E-state index is 12.0. The van der Waals surface area contributed by atoms with Crippen LogP contribution in [0.15, 0.2) is 48.5 Å². The van der Waals surface area contributed by atoms with Crippen LogP contribution in [0.2, 0.25) is 0 Å².